The molecular formula is C25H33N2O2+. The molecule has 154 valence electrons. The second-order valence-electron chi connectivity index (χ2n) is 7.72. The van der Waals surface area contributed by atoms with Crippen LogP contribution in [0, 0.1) is 0 Å². The molecule has 1 aromatic heterocycles. The lowest BCUT2D eigenvalue weighted by atomic mass is 10.0. The van der Waals surface area contributed by atoms with Crippen LogP contribution in [-0.4, -0.2) is 15.3 Å². The molecule has 0 atom stereocenters. The maximum Gasteiger partial charge on any atom is 0.330 e. The number of nitrogens with zero attached hydrogens (tertiary/aromatic N) is 1. The minimum atomic E-state index is 0.148. The van der Waals surface area contributed by atoms with E-state index in [1.165, 1.54) is 43.3 Å². The van der Waals surface area contributed by atoms with Gasteiger partial charge in [0, 0.05) is 12.0 Å². The third-order valence-corrected chi connectivity index (χ3v) is 5.49. The molecule has 1 heterocycles. The van der Waals surface area contributed by atoms with Crippen molar-refractivity contribution < 1.29 is 15.0 Å². The number of aromatic amines is 1. The Hall–Kier alpha value is -2.75. The molecule has 3 N–H and O–H groups in total. The van der Waals surface area contributed by atoms with Gasteiger partial charge in [-0.2, -0.15) is 0 Å². The number of benzene rings is 2. The number of phenolic OH excluding ortho intramolecular Hbond substituents is 1. The molecule has 2 aromatic carbocycles. The zero-order chi connectivity index (χ0) is 20.5. The Morgan fingerprint density at radius 2 is 1.41 bits per heavy atom. The van der Waals surface area contributed by atoms with Crippen molar-refractivity contribution in [2.75, 3.05) is 0 Å². The SMILES string of the molecule is CCCCCCCCCCc1c(-c2ccccc2)[nH]c(-c2ccccc2O)[n+]1O. The van der Waals surface area contributed by atoms with Crippen LogP contribution in [0.4, 0.5) is 0 Å². The van der Waals surface area contributed by atoms with E-state index in [1.54, 1.807) is 12.1 Å². The molecule has 3 aromatic rings. The van der Waals surface area contributed by atoms with Crippen molar-refractivity contribution in [1.82, 2.24) is 4.98 Å². The summed E-state index contributed by atoms with van der Waals surface area (Å²) >= 11 is 0. The van der Waals surface area contributed by atoms with E-state index in [1.807, 2.05) is 42.5 Å². The molecule has 0 bridgehead atoms. The molecule has 0 aliphatic heterocycles. The number of H-pyrrole nitrogens is 1. The maximum absolute atomic E-state index is 10.9. The highest BCUT2D eigenvalue weighted by Crippen LogP contribution is 2.30. The molecule has 0 unspecified atom stereocenters. The van der Waals surface area contributed by atoms with E-state index in [9.17, 15) is 10.3 Å². The average Bonchev–Trinajstić information content (AvgIpc) is 3.07. The van der Waals surface area contributed by atoms with E-state index in [4.69, 9.17) is 0 Å². The Morgan fingerprint density at radius 1 is 0.793 bits per heavy atom. The molecule has 0 saturated heterocycles. The first-order valence-corrected chi connectivity index (χ1v) is 10.9. The van der Waals surface area contributed by atoms with Crippen LogP contribution in [0.15, 0.2) is 54.6 Å². The van der Waals surface area contributed by atoms with Gasteiger partial charge in [0.1, 0.15) is 11.3 Å². The summed E-state index contributed by atoms with van der Waals surface area (Å²) in [7, 11) is 0. The topological polar surface area (TPSA) is 60.1 Å². The average molecular weight is 394 g/mol. The lowest BCUT2D eigenvalue weighted by Gasteiger charge is -2.02. The summed E-state index contributed by atoms with van der Waals surface area (Å²) in [6.45, 7) is 2.24. The Morgan fingerprint density at radius 3 is 2.10 bits per heavy atom. The molecule has 0 saturated carbocycles. The lowest BCUT2D eigenvalue weighted by Crippen LogP contribution is -2.35. The van der Waals surface area contributed by atoms with E-state index in [0.717, 1.165) is 36.2 Å². The van der Waals surface area contributed by atoms with E-state index in [2.05, 4.69) is 11.9 Å². The number of nitrogens with one attached hydrogen (secondary N) is 1. The van der Waals surface area contributed by atoms with Gasteiger partial charge >= 0.3 is 5.82 Å². The van der Waals surface area contributed by atoms with E-state index in [0.29, 0.717) is 11.4 Å². The number of aromatic nitrogens is 2. The summed E-state index contributed by atoms with van der Waals surface area (Å²) in [5.41, 5.74) is 3.40. The molecule has 4 heteroatoms. The van der Waals surface area contributed by atoms with E-state index < -0.39 is 0 Å². The monoisotopic (exact) mass is 393 g/mol. The van der Waals surface area contributed by atoms with Crippen LogP contribution in [0.3, 0.4) is 0 Å². The Labute approximate surface area is 173 Å². The van der Waals surface area contributed by atoms with Gasteiger partial charge in [-0.3, -0.25) is 0 Å². The van der Waals surface area contributed by atoms with Crippen LogP contribution in [0.1, 0.15) is 64.0 Å². The van der Waals surface area contributed by atoms with Gasteiger partial charge in [0.2, 0.25) is 0 Å². The zero-order valence-electron chi connectivity index (χ0n) is 17.4. The van der Waals surface area contributed by atoms with Crippen molar-refractivity contribution in [1.29, 1.82) is 0 Å². The fourth-order valence-corrected chi connectivity index (χ4v) is 3.84. The van der Waals surface area contributed by atoms with Gasteiger partial charge in [0.25, 0.3) is 0 Å². The maximum atomic E-state index is 10.9. The number of rotatable bonds is 11. The van der Waals surface area contributed by atoms with Crippen molar-refractivity contribution in [2.24, 2.45) is 0 Å². The van der Waals surface area contributed by atoms with Gasteiger partial charge in [-0.1, -0.05) is 94.3 Å². The number of phenols is 1. The van der Waals surface area contributed by atoms with Crippen LogP contribution >= 0.6 is 0 Å². The smallest absolute Gasteiger partial charge is 0.330 e. The van der Waals surface area contributed by atoms with Crippen LogP contribution in [0.5, 0.6) is 5.75 Å². The first-order chi connectivity index (χ1) is 14.2. The number of unbranched alkanes of at least 4 members (excludes halogenated alkanes) is 7. The van der Waals surface area contributed by atoms with Crippen molar-refractivity contribution in [2.45, 2.75) is 64.7 Å². The third kappa shape index (κ3) is 5.41. The number of imidazole rings is 1. The minimum Gasteiger partial charge on any atom is -0.507 e. The summed E-state index contributed by atoms with van der Waals surface area (Å²) in [6, 6.07) is 17.1. The number of hydrogen-bond acceptors (Lipinski definition) is 2. The standard InChI is InChI=1S/C25H32N2O2/c1-2-3-4-5-6-7-8-12-18-22-24(20-15-10-9-11-16-20)26-25(27(22)29)21-17-13-14-19-23(21)28/h9-11,13-17,19,29H,2-8,12,18H2,1H3,(H,26,28)/p+1. The second-order valence-corrected chi connectivity index (χ2v) is 7.72. The molecular weight excluding hydrogens is 360 g/mol. The molecule has 0 spiro atoms. The van der Waals surface area contributed by atoms with Crippen LogP contribution in [-0.2, 0) is 6.42 Å². The van der Waals surface area contributed by atoms with Crippen LogP contribution in [0.2, 0.25) is 0 Å². The van der Waals surface area contributed by atoms with Crippen LogP contribution in [0.25, 0.3) is 22.6 Å². The molecule has 0 aliphatic carbocycles. The number of aromatic hydroxyl groups is 1. The second kappa shape index (κ2) is 10.7. The predicted molar refractivity (Wildman–Crippen MR) is 117 cm³/mol. The Balaban J connectivity index is 1.75. The molecule has 4 nitrogen and oxygen atoms in total. The van der Waals surface area contributed by atoms with Gasteiger partial charge in [-0.25, -0.2) is 4.98 Å². The molecule has 0 aliphatic rings. The Bertz CT molecular complexity index is 887. The highest BCUT2D eigenvalue weighted by molar-refractivity contribution is 5.67. The van der Waals surface area contributed by atoms with Crippen LogP contribution < -0.4 is 4.73 Å². The molecule has 0 radical (unpaired) electrons. The molecule has 0 fully saturated rings. The summed E-state index contributed by atoms with van der Waals surface area (Å²) in [5.74, 6) is 0.659. The van der Waals surface area contributed by atoms with Gasteiger partial charge in [0.15, 0.2) is 11.4 Å². The lowest BCUT2D eigenvalue weighted by molar-refractivity contribution is -0.899. The van der Waals surface area contributed by atoms with Gasteiger partial charge < -0.3 is 10.3 Å². The fourth-order valence-electron chi connectivity index (χ4n) is 3.84. The summed E-state index contributed by atoms with van der Waals surface area (Å²) in [6.07, 6.45) is 10.8. The van der Waals surface area contributed by atoms with Gasteiger partial charge in [-0.05, 0) is 23.3 Å². The number of hydrogen-bond donors (Lipinski definition) is 3. The van der Waals surface area contributed by atoms with E-state index >= 15 is 0 Å². The summed E-state index contributed by atoms with van der Waals surface area (Å²) in [5, 5.41) is 21.2. The Kier molecular flexibility index (Phi) is 7.74. The van der Waals surface area contributed by atoms with Crippen molar-refractivity contribution in [3.05, 3.63) is 60.3 Å². The molecule has 3 rings (SSSR count). The highest BCUT2D eigenvalue weighted by atomic mass is 16.5. The van der Waals surface area contributed by atoms with Crippen molar-refractivity contribution in [3.63, 3.8) is 0 Å². The minimum absolute atomic E-state index is 0.148. The highest BCUT2D eigenvalue weighted by Gasteiger charge is 2.28. The van der Waals surface area contributed by atoms with Crippen molar-refractivity contribution in [3.8, 4) is 28.4 Å². The molecule has 0 amide bonds. The van der Waals surface area contributed by atoms with Gasteiger partial charge in [-0.15, -0.1) is 0 Å². The third-order valence-electron chi connectivity index (χ3n) is 5.49. The summed E-state index contributed by atoms with van der Waals surface area (Å²) < 4.78 is 1.22. The van der Waals surface area contributed by atoms with Gasteiger partial charge in [0.05, 0.1) is 0 Å². The first-order valence-electron chi connectivity index (χ1n) is 10.9. The van der Waals surface area contributed by atoms with Crippen molar-refractivity contribution >= 4 is 0 Å². The fraction of sp³-hybridized carbons (Fsp3) is 0.400. The zero-order valence-corrected chi connectivity index (χ0v) is 17.4. The van der Waals surface area contributed by atoms with E-state index in [-0.39, 0.29) is 5.75 Å². The largest absolute Gasteiger partial charge is 0.507 e. The number of para-hydroxylation sites is 1. The molecule has 29 heavy (non-hydrogen) atoms. The normalized spacial score (nSPS) is 11.1. The predicted octanol–water partition coefficient (Wildman–Crippen LogP) is 6.26. The first kappa shape index (κ1) is 21.0. The summed E-state index contributed by atoms with van der Waals surface area (Å²) in [4.78, 5) is 3.35. The quantitative estimate of drug-likeness (QED) is 0.204.